The number of hydrogen-bond acceptors (Lipinski definition) is 2. The molecule has 6 heteroatoms. The number of halogens is 2. The number of fused-ring (bicyclic) bond motifs is 1. The third kappa shape index (κ3) is 2.90. The van der Waals surface area contributed by atoms with Crippen LogP contribution in [-0.2, 0) is 11.2 Å². The molecule has 1 aromatic heterocycles. The average molecular weight is 361 g/mol. The lowest BCUT2D eigenvalue weighted by atomic mass is 10.1. The monoisotopic (exact) mass is 360 g/mol. The fraction of sp³-hybridized carbons (Fsp3) is 0.111. The van der Waals surface area contributed by atoms with Gasteiger partial charge in [-0.1, -0.05) is 41.4 Å². The molecule has 0 saturated carbocycles. The van der Waals surface area contributed by atoms with Crippen molar-refractivity contribution >= 4 is 45.9 Å². The normalized spacial score (nSPS) is 11.0. The fourth-order valence-electron chi connectivity index (χ4n) is 2.90. The van der Waals surface area contributed by atoms with E-state index in [2.05, 4.69) is 0 Å². The highest BCUT2D eigenvalue weighted by molar-refractivity contribution is 6.35. The first kappa shape index (κ1) is 16.6. The van der Waals surface area contributed by atoms with Crippen molar-refractivity contribution in [3.63, 3.8) is 0 Å². The molecular weight excluding hydrogens is 347 g/mol. The largest absolute Gasteiger partial charge is 0.369 e. The Kier molecular flexibility index (Phi) is 4.35. The van der Waals surface area contributed by atoms with Crippen LogP contribution >= 0.6 is 23.2 Å². The average Bonchev–Trinajstić information content (AvgIpc) is 2.78. The Balaban J connectivity index is 2.24. The number of carbonyl (C=O) groups is 2. The minimum Gasteiger partial charge on any atom is -0.369 e. The molecule has 1 amide bonds. The van der Waals surface area contributed by atoms with Crippen LogP contribution in [0.1, 0.15) is 21.6 Å². The van der Waals surface area contributed by atoms with Gasteiger partial charge in [0.1, 0.15) is 0 Å². The third-order valence-electron chi connectivity index (χ3n) is 3.91. The SMILES string of the molecule is Cc1c(CC(N)=O)c2ccccc2n1C(=O)c1cc(Cl)cc(Cl)c1. The number of amides is 1. The van der Waals surface area contributed by atoms with Crippen LogP contribution < -0.4 is 5.73 Å². The standard InChI is InChI=1S/C18H14Cl2N2O2/c1-10-15(9-17(21)23)14-4-2-3-5-16(14)22(10)18(24)11-6-12(19)8-13(20)7-11/h2-8H,9H2,1H3,(H2,21,23). The Hall–Kier alpha value is -2.30. The molecule has 0 bridgehead atoms. The van der Waals surface area contributed by atoms with E-state index in [1.165, 1.54) is 0 Å². The highest BCUT2D eigenvalue weighted by atomic mass is 35.5. The smallest absolute Gasteiger partial charge is 0.262 e. The number of nitrogens with two attached hydrogens (primary N) is 1. The summed E-state index contributed by atoms with van der Waals surface area (Å²) < 4.78 is 1.57. The molecule has 0 aliphatic heterocycles. The number of benzene rings is 2. The number of rotatable bonds is 3. The first-order valence-electron chi connectivity index (χ1n) is 7.26. The van der Waals surface area contributed by atoms with E-state index >= 15 is 0 Å². The number of carbonyl (C=O) groups excluding carboxylic acids is 2. The topological polar surface area (TPSA) is 65.1 Å². The minimum absolute atomic E-state index is 0.0723. The number of nitrogens with zero attached hydrogens (tertiary/aromatic N) is 1. The highest BCUT2D eigenvalue weighted by Crippen LogP contribution is 2.28. The summed E-state index contributed by atoms with van der Waals surface area (Å²) in [7, 11) is 0. The highest BCUT2D eigenvalue weighted by Gasteiger charge is 2.21. The lowest BCUT2D eigenvalue weighted by molar-refractivity contribution is -0.117. The Labute approximate surface area is 148 Å². The van der Waals surface area contributed by atoms with Crippen LogP contribution in [0.2, 0.25) is 10.0 Å². The van der Waals surface area contributed by atoms with E-state index in [4.69, 9.17) is 28.9 Å². The van der Waals surface area contributed by atoms with Gasteiger partial charge in [0.15, 0.2) is 0 Å². The van der Waals surface area contributed by atoms with E-state index < -0.39 is 5.91 Å². The summed E-state index contributed by atoms with van der Waals surface area (Å²) in [4.78, 5) is 24.4. The third-order valence-corrected chi connectivity index (χ3v) is 4.34. The molecule has 0 atom stereocenters. The van der Waals surface area contributed by atoms with Crippen molar-refractivity contribution in [3.05, 3.63) is 69.3 Å². The molecule has 0 unspecified atom stereocenters. The zero-order chi connectivity index (χ0) is 17.4. The Morgan fingerprint density at radius 2 is 1.71 bits per heavy atom. The first-order valence-corrected chi connectivity index (χ1v) is 8.02. The molecular formula is C18H14Cl2N2O2. The van der Waals surface area contributed by atoms with E-state index in [0.29, 0.717) is 26.8 Å². The van der Waals surface area contributed by atoms with E-state index in [1.54, 1.807) is 29.7 Å². The van der Waals surface area contributed by atoms with Gasteiger partial charge in [-0.2, -0.15) is 0 Å². The second-order valence-corrected chi connectivity index (χ2v) is 6.40. The first-order chi connectivity index (χ1) is 11.4. The van der Waals surface area contributed by atoms with Gasteiger partial charge < -0.3 is 5.73 Å². The van der Waals surface area contributed by atoms with Crippen LogP contribution in [0.15, 0.2) is 42.5 Å². The van der Waals surface area contributed by atoms with Gasteiger partial charge in [-0.15, -0.1) is 0 Å². The number of hydrogen-bond donors (Lipinski definition) is 1. The quantitative estimate of drug-likeness (QED) is 0.767. The van der Waals surface area contributed by atoms with Gasteiger partial charge in [0.2, 0.25) is 5.91 Å². The summed E-state index contributed by atoms with van der Waals surface area (Å²) in [5.41, 5.74) is 7.87. The van der Waals surface area contributed by atoms with Crippen molar-refractivity contribution in [2.24, 2.45) is 5.73 Å². The molecule has 0 spiro atoms. The molecule has 3 aromatic rings. The van der Waals surface area contributed by atoms with Crippen molar-refractivity contribution in [2.75, 3.05) is 0 Å². The maximum Gasteiger partial charge on any atom is 0.262 e. The molecule has 0 aliphatic rings. The van der Waals surface area contributed by atoms with E-state index in [1.807, 2.05) is 24.3 Å². The molecule has 3 rings (SSSR count). The van der Waals surface area contributed by atoms with Crippen LogP contribution in [0.3, 0.4) is 0 Å². The minimum atomic E-state index is -0.445. The Morgan fingerprint density at radius 3 is 2.33 bits per heavy atom. The lowest BCUT2D eigenvalue weighted by Crippen LogP contribution is -2.16. The second-order valence-electron chi connectivity index (χ2n) is 5.52. The van der Waals surface area contributed by atoms with Crippen LogP contribution in [0.4, 0.5) is 0 Å². The summed E-state index contributed by atoms with van der Waals surface area (Å²) >= 11 is 12.0. The summed E-state index contributed by atoms with van der Waals surface area (Å²) in [6.07, 6.45) is 0.0723. The fourth-order valence-corrected chi connectivity index (χ4v) is 3.43. The van der Waals surface area contributed by atoms with Crippen molar-refractivity contribution in [1.29, 1.82) is 0 Å². The van der Waals surface area contributed by atoms with Gasteiger partial charge in [-0.3, -0.25) is 14.2 Å². The molecule has 2 aromatic carbocycles. The summed E-state index contributed by atoms with van der Waals surface area (Å²) in [6, 6.07) is 12.1. The van der Waals surface area contributed by atoms with Crippen LogP contribution in [0.5, 0.6) is 0 Å². The Bertz CT molecular complexity index is 956. The number of aromatic nitrogens is 1. The maximum absolute atomic E-state index is 13.0. The number of primary amides is 1. The predicted molar refractivity (Wildman–Crippen MR) is 95.8 cm³/mol. The van der Waals surface area contributed by atoms with Gasteiger partial charge in [0.05, 0.1) is 11.9 Å². The molecule has 2 N–H and O–H groups in total. The predicted octanol–water partition coefficient (Wildman–Crippen LogP) is 3.97. The zero-order valence-corrected chi connectivity index (χ0v) is 14.4. The van der Waals surface area contributed by atoms with E-state index in [0.717, 1.165) is 10.9 Å². The molecule has 122 valence electrons. The van der Waals surface area contributed by atoms with Crippen molar-refractivity contribution in [3.8, 4) is 0 Å². The van der Waals surface area contributed by atoms with Gasteiger partial charge in [0.25, 0.3) is 5.91 Å². The molecule has 0 saturated heterocycles. The van der Waals surface area contributed by atoms with Gasteiger partial charge in [0, 0.05) is 26.7 Å². The van der Waals surface area contributed by atoms with Crippen molar-refractivity contribution in [2.45, 2.75) is 13.3 Å². The zero-order valence-electron chi connectivity index (χ0n) is 12.8. The molecule has 4 nitrogen and oxygen atoms in total. The van der Waals surface area contributed by atoms with Crippen molar-refractivity contribution < 1.29 is 9.59 Å². The van der Waals surface area contributed by atoms with E-state index in [-0.39, 0.29) is 12.3 Å². The molecule has 0 radical (unpaired) electrons. The van der Waals surface area contributed by atoms with Gasteiger partial charge >= 0.3 is 0 Å². The van der Waals surface area contributed by atoms with E-state index in [9.17, 15) is 9.59 Å². The molecule has 0 aliphatic carbocycles. The lowest BCUT2D eigenvalue weighted by Gasteiger charge is -2.08. The van der Waals surface area contributed by atoms with Crippen LogP contribution in [0.25, 0.3) is 10.9 Å². The van der Waals surface area contributed by atoms with Crippen molar-refractivity contribution in [1.82, 2.24) is 4.57 Å². The van der Waals surface area contributed by atoms with Crippen LogP contribution in [0, 0.1) is 6.92 Å². The Morgan fingerprint density at radius 1 is 1.08 bits per heavy atom. The van der Waals surface area contributed by atoms with Crippen LogP contribution in [-0.4, -0.2) is 16.4 Å². The van der Waals surface area contributed by atoms with Gasteiger partial charge in [-0.25, -0.2) is 0 Å². The van der Waals surface area contributed by atoms with Gasteiger partial charge in [-0.05, 0) is 36.8 Å². The summed E-state index contributed by atoms with van der Waals surface area (Å²) in [5.74, 6) is -0.705. The molecule has 24 heavy (non-hydrogen) atoms. The summed E-state index contributed by atoms with van der Waals surface area (Å²) in [5, 5.41) is 1.60. The molecule has 0 fully saturated rings. The number of para-hydroxylation sites is 1. The maximum atomic E-state index is 13.0. The molecule has 1 heterocycles. The summed E-state index contributed by atoms with van der Waals surface area (Å²) in [6.45, 7) is 1.79. The second kappa shape index (κ2) is 6.30.